The fraction of sp³-hybridized carbons (Fsp3) is 1.00. The summed E-state index contributed by atoms with van der Waals surface area (Å²) in [4.78, 5) is 2.34. The standard InChI is InChI=1S/C8H18N2O2S/c1-8(2)7-9-3-5-10(6-4-9)13(11)12/h8H,3-7H2,1-2H3,(H,11,12). The van der Waals surface area contributed by atoms with E-state index in [1.54, 1.807) is 4.31 Å². The van der Waals surface area contributed by atoms with Gasteiger partial charge < -0.3 is 4.90 Å². The molecule has 1 atom stereocenters. The third kappa shape index (κ3) is 3.72. The molecule has 0 aliphatic carbocycles. The van der Waals surface area contributed by atoms with Gasteiger partial charge in [-0.2, -0.15) is 4.31 Å². The van der Waals surface area contributed by atoms with Crippen molar-refractivity contribution in [2.24, 2.45) is 5.92 Å². The van der Waals surface area contributed by atoms with E-state index < -0.39 is 11.3 Å². The average molecular weight is 206 g/mol. The minimum Gasteiger partial charge on any atom is -0.300 e. The maximum atomic E-state index is 10.7. The molecule has 1 heterocycles. The van der Waals surface area contributed by atoms with E-state index in [9.17, 15) is 4.21 Å². The molecule has 1 N–H and O–H groups in total. The summed E-state index contributed by atoms with van der Waals surface area (Å²) < 4.78 is 21.1. The molecule has 0 amide bonds. The first kappa shape index (κ1) is 11.1. The minimum absolute atomic E-state index is 0.672. The zero-order valence-electron chi connectivity index (χ0n) is 8.27. The second-order valence-electron chi connectivity index (χ2n) is 3.85. The Balaban J connectivity index is 2.26. The highest BCUT2D eigenvalue weighted by molar-refractivity contribution is 7.76. The van der Waals surface area contributed by atoms with Crippen molar-refractivity contribution in [1.82, 2.24) is 9.21 Å². The van der Waals surface area contributed by atoms with Gasteiger partial charge in [-0.25, -0.2) is 4.21 Å². The summed E-state index contributed by atoms with van der Waals surface area (Å²) in [6.07, 6.45) is 0. The van der Waals surface area contributed by atoms with Gasteiger partial charge in [0.1, 0.15) is 0 Å². The largest absolute Gasteiger partial charge is 0.300 e. The molecule has 13 heavy (non-hydrogen) atoms. The third-order valence-electron chi connectivity index (χ3n) is 2.18. The molecule has 1 aliphatic heterocycles. The zero-order valence-corrected chi connectivity index (χ0v) is 9.09. The molecule has 78 valence electrons. The number of rotatable bonds is 3. The van der Waals surface area contributed by atoms with Crippen LogP contribution in [-0.2, 0) is 11.3 Å². The van der Waals surface area contributed by atoms with E-state index in [0.717, 1.165) is 19.6 Å². The molecule has 1 unspecified atom stereocenters. The lowest BCUT2D eigenvalue weighted by atomic mass is 10.2. The van der Waals surface area contributed by atoms with Gasteiger partial charge in [0, 0.05) is 32.7 Å². The van der Waals surface area contributed by atoms with E-state index in [1.807, 2.05) is 0 Å². The summed E-state index contributed by atoms with van der Waals surface area (Å²) in [7, 11) is 0. The molecule has 0 aromatic heterocycles. The Morgan fingerprint density at radius 3 is 2.23 bits per heavy atom. The molecule has 1 rings (SSSR count). The van der Waals surface area contributed by atoms with Crippen LogP contribution < -0.4 is 0 Å². The smallest absolute Gasteiger partial charge is 0.234 e. The summed E-state index contributed by atoms with van der Waals surface area (Å²) in [6, 6.07) is 0. The number of hydrogen-bond donors (Lipinski definition) is 1. The quantitative estimate of drug-likeness (QED) is 0.680. The number of hydrogen-bond acceptors (Lipinski definition) is 2. The lowest BCUT2D eigenvalue weighted by molar-refractivity contribution is 0.171. The van der Waals surface area contributed by atoms with E-state index >= 15 is 0 Å². The van der Waals surface area contributed by atoms with Crippen molar-refractivity contribution in [1.29, 1.82) is 0 Å². The molecule has 4 nitrogen and oxygen atoms in total. The maximum Gasteiger partial charge on any atom is 0.234 e. The van der Waals surface area contributed by atoms with Crippen LogP contribution in [0.3, 0.4) is 0 Å². The fourth-order valence-electron chi connectivity index (χ4n) is 1.58. The minimum atomic E-state index is -1.77. The third-order valence-corrected chi connectivity index (χ3v) is 2.98. The molecule has 1 fully saturated rings. The van der Waals surface area contributed by atoms with Crippen molar-refractivity contribution in [3.8, 4) is 0 Å². The van der Waals surface area contributed by atoms with Crippen LogP contribution in [0.1, 0.15) is 13.8 Å². The first-order valence-corrected chi connectivity index (χ1v) is 5.74. The topological polar surface area (TPSA) is 43.8 Å². The molecule has 5 heteroatoms. The summed E-state index contributed by atoms with van der Waals surface area (Å²) in [5, 5.41) is 0. The van der Waals surface area contributed by atoms with Crippen LogP contribution in [0.2, 0.25) is 0 Å². The Morgan fingerprint density at radius 2 is 1.85 bits per heavy atom. The van der Waals surface area contributed by atoms with Crippen LogP contribution >= 0.6 is 0 Å². The SMILES string of the molecule is CC(C)CN1CCN(S(=O)O)CC1. The first-order chi connectivity index (χ1) is 6.09. The Morgan fingerprint density at radius 1 is 1.31 bits per heavy atom. The van der Waals surface area contributed by atoms with Gasteiger partial charge in [-0.3, -0.25) is 4.55 Å². The second kappa shape index (κ2) is 5.05. The van der Waals surface area contributed by atoms with Crippen molar-refractivity contribution < 1.29 is 8.76 Å². The molecule has 1 aliphatic rings. The molecule has 1 saturated heterocycles. The van der Waals surface area contributed by atoms with E-state index in [-0.39, 0.29) is 0 Å². The van der Waals surface area contributed by atoms with Gasteiger partial charge in [-0.1, -0.05) is 13.8 Å². The predicted octanol–water partition coefficient (Wildman–Crippen LogP) is 0.397. The summed E-state index contributed by atoms with van der Waals surface area (Å²) in [5.74, 6) is 0.672. The maximum absolute atomic E-state index is 10.7. The monoisotopic (exact) mass is 206 g/mol. The van der Waals surface area contributed by atoms with E-state index in [1.165, 1.54) is 0 Å². The van der Waals surface area contributed by atoms with Gasteiger partial charge in [-0.05, 0) is 5.92 Å². The number of piperazine rings is 1. The van der Waals surface area contributed by atoms with Crippen molar-refractivity contribution >= 4 is 11.3 Å². The van der Waals surface area contributed by atoms with Crippen LogP contribution in [0.15, 0.2) is 0 Å². The Kier molecular flexibility index (Phi) is 4.31. The normalized spacial score (nSPS) is 23.7. The van der Waals surface area contributed by atoms with Gasteiger partial charge in [-0.15, -0.1) is 0 Å². The molecule has 0 aromatic carbocycles. The predicted molar refractivity (Wildman–Crippen MR) is 53.6 cm³/mol. The van der Waals surface area contributed by atoms with Crippen molar-refractivity contribution in [2.75, 3.05) is 32.7 Å². The van der Waals surface area contributed by atoms with Gasteiger partial charge in [0.05, 0.1) is 0 Å². The Bertz CT molecular complexity index is 179. The fourth-order valence-corrected chi connectivity index (χ4v) is 2.06. The summed E-state index contributed by atoms with van der Waals surface area (Å²) in [6.45, 7) is 8.69. The highest BCUT2D eigenvalue weighted by atomic mass is 32.2. The molecule has 0 spiro atoms. The van der Waals surface area contributed by atoms with Crippen LogP contribution in [0.25, 0.3) is 0 Å². The summed E-state index contributed by atoms with van der Waals surface area (Å²) >= 11 is -1.77. The molecular weight excluding hydrogens is 188 g/mol. The van der Waals surface area contributed by atoms with Crippen LogP contribution in [0.5, 0.6) is 0 Å². The van der Waals surface area contributed by atoms with Gasteiger partial charge in [0.2, 0.25) is 11.3 Å². The lowest BCUT2D eigenvalue weighted by Crippen LogP contribution is -2.47. The van der Waals surface area contributed by atoms with E-state index in [4.69, 9.17) is 4.55 Å². The molecular formula is C8H18N2O2S. The highest BCUT2D eigenvalue weighted by Crippen LogP contribution is 2.05. The van der Waals surface area contributed by atoms with Gasteiger partial charge in [0.15, 0.2) is 0 Å². The van der Waals surface area contributed by atoms with Gasteiger partial charge >= 0.3 is 0 Å². The Hall–Kier alpha value is 0.0300. The first-order valence-electron chi connectivity index (χ1n) is 4.68. The Labute approximate surface area is 82.3 Å². The number of nitrogens with zero attached hydrogens (tertiary/aromatic N) is 2. The van der Waals surface area contributed by atoms with Crippen LogP contribution in [0.4, 0.5) is 0 Å². The molecule has 0 saturated carbocycles. The highest BCUT2D eigenvalue weighted by Gasteiger charge is 2.20. The van der Waals surface area contributed by atoms with Gasteiger partial charge in [0.25, 0.3) is 0 Å². The zero-order chi connectivity index (χ0) is 9.84. The molecule has 0 aromatic rings. The van der Waals surface area contributed by atoms with E-state index in [0.29, 0.717) is 19.0 Å². The van der Waals surface area contributed by atoms with Crippen LogP contribution in [-0.4, -0.2) is 50.7 Å². The second-order valence-corrected chi connectivity index (χ2v) is 4.83. The molecule has 0 radical (unpaired) electrons. The van der Waals surface area contributed by atoms with Crippen molar-refractivity contribution in [3.05, 3.63) is 0 Å². The lowest BCUT2D eigenvalue weighted by Gasteiger charge is -2.33. The van der Waals surface area contributed by atoms with Crippen LogP contribution in [0, 0.1) is 5.92 Å². The van der Waals surface area contributed by atoms with Crippen molar-refractivity contribution in [2.45, 2.75) is 13.8 Å². The van der Waals surface area contributed by atoms with E-state index in [2.05, 4.69) is 18.7 Å². The molecule has 0 bridgehead atoms. The average Bonchev–Trinajstić information content (AvgIpc) is 2.04. The van der Waals surface area contributed by atoms with Crippen molar-refractivity contribution in [3.63, 3.8) is 0 Å². The summed E-state index contributed by atoms with van der Waals surface area (Å²) in [5.41, 5.74) is 0.